The fourth-order valence-electron chi connectivity index (χ4n) is 2.79. The molecule has 0 amide bonds. The van der Waals surface area contributed by atoms with Crippen LogP contribution in [0.15, 0.2) is 0 Å². The normalized spacial score (nSPS) is 32.8. The molecule has 14 heavy (non-hydrogen) atoms. The summed E-state index contributed by atoms with van der Waals surface area (Å²) in [4.78, 5) is 0. The molecule has 84 valence electrons. The SMILES string of the molecule is CCC(C)C1CC1C(C)C(C)C(C)C. The van der Waals surface area contributed by atoms with E-state index in [2.05, 4.69) is 41.5 Å². The van der Waals surface area contributed by atoms with E-state index in [4.69, 9.17) is 0 Å². The van der Waals surface area contributed by atoms with Gasteiger partial charge in [-0.25, -0.2) is 0 Å². The summed E-state index contributed by atoms with van der Waals surface area (Å²) in [5, 5.41) is 0. The Kier molecular flexibility index (Phi) is 4.04. The topological polar surface area (TPSA) is 0 Å². The van der Waals surface area contributed by atoms with E-state index < -0.39 is 0 Å². The molecular formula is C14H28. The summed E-state index contributed by atoms with van der Waals surface area (Å²) in [6.45, 7) is 14.4. The molecule has 5 atom stereocenters. The van der Waals surface area contributed by atoms with Crippen molar-refractivity contribution in [3.05, 3.63) is 0 Å². The highest BCUT2D eigenvalue weighted by atomic mass is 14.5. The Hall–Kier alpha value is 0. The van der Waals surface area contributed by atoms with Crippen LogP contribution in [0.2, 0.25) is 0 Å². The second-order valence-electron chi connectivity index (χ2n) is 5.91. The van der Waals surface area contributed by atoms with Gasteiger partial charge in [0.2, 0.25) is 0 Å². The average Bonchev–Trinajstić information content (AvgIpc) is 2.93. The molecule has 0 aromatic carbocycles. The van der Waals surface area contributed by atoms with E-state index in [0.29, 0.717) is 0 Å². The van der Waals surface area contributed by atoms with Gasteiger partial charge in [0.1, 0.15) is 0 Å². The number of rotatable bonds is 5. The summed E-state index contributed by atoms with van der Waals surface area (Å²) >= 11 is 0. The summed E-state index contributed by atoms with van der Waals surface area (Å²) in [7, 11) is 0. The van der Waals surface area contributed by atoms with E-state index in [1.807, 2.05) is 0 Å². The second-order valence-corrected chi connectivity index (χ2v) is 5.91. The molecule has 1 rings (SSSR count). The second kappa shape index (κ2) is 4.68. The van der Waals surface area contributed by atoms with E-state index in [1.165, 1.54) is 12.8 Å². The maximum atomic E-state index is 2.47. The molecule has 1 aliphatic rings. The fraction of sp³-hybridized carbons (Fsp3) is 1.00. The average molecular weight is 196 g/mol. The monoisotopic (exact) mass is 196 g/mol. The number of hydrogen-bond donors (Lipinski definition) is 0. The van der Waals surface area contributed by atoms with Gasteiger partial charge < -0.3 is 0 Å². The zero-order valence-corrected chi connectivity index (χ0v) is 10.9. The Bertz CT molecular complexity index is 171. The van der Waals surface area contributed by atoms with Gasteiger partial charge in [0, 0.05) is 0 Å². The minimum atomic E-state index is 0.850. The maximum Gasteiger partial charge on any atom is -0.0352 e. The van der Waals surface area contributed by atoms with E-state index >= 15 is 0 Å². The van der Waals surface area contributed by atoms with Crippen LogP contribution in [0.5, 0.6) is 0 Å². The third-order valence-electron chi connectivity index (χ3n) is 4.82. The minimum Gasteiger partial charge on any atom is -0.0651 e. The third kappa shape index (κ3) is 2.52. The highest BCUT2D eigenvalue weighted by molar-refractivity contribution is 4.93. The first-order valence-corrected chi connectivity index (χ1v) is 6.49. The molecule has 0 aliphatic heterocycles. The smallest absolute Gasteiger partial charge is 0.0352 e. The van der Waals surface area contributed by atoms with Crippen LogP contribution in [0.3, 0.4) is 0 Å². The third-order valence-corrected chi connectivity index (χ3v) is 4.82. The van der Waals surface area contributed by atoms with Gasteiger partial charge in [0.25, 0.3) is 0 Å². The first kappa shape index (κ1) is 12.1. The summed E-state index contributed by atoms with van der Waals surface area (Å²) in [6.07, 6.45) is 2.87. The Morgan fingerprint density at radius 3 is 2.00 bits per heavy atom. The molecule has 1 saturated carbocycles. The van der Waals surface area contributed by atoms with Crippen LogP contribution in [0, 0.1) is 35.5 Å². The zero-order valence-electron chi connectivity index (χ0n) is 10.9. The lowest BCUT2D eigenvalue weighted by Gasteiger charge is -2.24. The van der Waals surface area contributed by atoms with Crippen molar-refractivity contribution in [3.63, 3.8) is 0 Å². The van der Waals surface area contributed by atoms with Crippen LogP contribution in [-0.2, 0) is 0 Å². The van der Waals surface area contributed by atoms with Crippen molar-refractivity contribution in [3.8, 4) is 0 Å². The molecular weight excluding hydrogens is 168 g/mol. The van der Waals surface area contributed by atoms with Crippen LogP contribution >= 0.6 is 0 Å². The Morgan fingerprint density at radius 1 is 1.00 bits per heavy atom. The van der Waals surface area contributed by atoms with Gasteiger partial charge in [0.15, 0.2) is 0 Å². The summed E-state index contributed by atoms with van der Waals surface area (Å²) < 4.78 is 0. The van der Waals surface area contributed by atoms with E-state index in [1.54, 1.807) is 0 Å². The summed E-state index contributed by atoms with van der Waals surface area (Å²) in [5.41, 5.74) is 0. The van der Waals surface area contributed by atoms with Crippen molar-refractivity contribution in [1.29, 1.82) is 0 Å². The Morgan fingerprint density at radius 2 is 1.57 bits per heavy atom. The van der Waals surface area contributed by atoms with Crippen molar-refractivity contribution in [2.75, 3.05) is 0 Å². The van der Waals surface area contributed by atoms with Gasteiger partial charge in [0.05, 0.1) is 0 Å². The summed E-state index contributed by atoms with van der Waals surface area (Å²) in [6, 6.07) is 0. The molecule has 0 spiro atoms. The maximum absolute atomic E-state index is 2.47. The molecule has 0 radical (unpaired) electrons. The quantitative estimate of drug-likeness (QED) is 0.603. The van der Waals surface area contributed by atoms with Gasteiger partial charge in [-0.1, -0.05) is 48.0 Å². The molecule has 1 aliphatic carbocycles. The minimum absolute atomic E-state index is 0.850. The molecule has 0 aromatic heterocycles. The molecule has 1 fully saturated rings. The summed E-state index contributed by atoms with van der Waals surface area (Å²) in [5.74, 6) is 5.74. The van der Waals surface area contributed by atoms with E-state index in [0.717, 1.165) is 35.5 Å². The van der Waals surface area contributed by atoms with Crippen LogP contribution in [0.25, 0.3) is 0 Å². The molecule has 0 aromatic rings. The van der Waals surface area contributed by atoms with Gasteiger partial charge in [-0.2, -0.15) is 0 Å². The molecule has 0 heterocycles. The van der Waals surface area contributed by atoms with Crippen molar-refractivity contribution >= 4 is 0 Å². The van der Waals surface area contributed by atoms with E-state index in [9.17, 15) is 0 Å². The van der Waals surface area contributed by atoms with Crippen LogP contribution in [0.4, 0.5) is 0 Å². The van der Waals surface area contributed by atoms with Gasteiger partial charge in [-0.3, -0.25) is 0 Å². The van der Waals surface area contributed by atoms with E-state index in [-0.39, 0.29) is 0 Å². The first-order valence-electron chi connectivity index (χ1n) is 6.49. The zero-order chi connectivity index (χ0) is 10.9. The van der Waals surface area contributed by atoms with Crippen LogP contribution in [0.1, 0.15) is 54.4 Å². The molecule has 0 heteroatoms. The van der Waals surface area contributed by atoms with Gasteiger partial charge >= 0.3 is 0 Å². The van der Waals surface area contributed by atoms with Crippen molar-refractivity contribution in [2.45, 2.75) is 54.4 Å². The van der Waals surface area contributed by atoms with Crippen molar-refractivity contribution in [2.24, 2.45) is 35.5 Å². The van der Waals surface area contributed by atoms with Crippen LogP contribution in [-0.4, -0.2) is 0 Å². The lowest BCUT2D eigenvalue weighted by Crippen LogP contribution is -2.17. The standard InChI is InChI=1S/C14H28/c1-7-10(4)13-8-14(13)12(6)11(5)9(2)3/h9-14H,7-8H2,1-6H3. The van der Waals surface area contributed by atoms with Crippen LogP contribution < -0.4 is 0 Å². The fourth-order valence-corrected chi connectivity index (χ4v) is 2.79. The van der Waals surface area contributed by atoms with Crippen molar-refractivity contribution < 1.29 is 0 Å². The predicted molar refractivity (Wildman–Crippen MR) is 64.2 cm³/mol. The molecule has 0 saturated heterocycles. The first-order chi connectivity index (χ1) is 6.49. The van der Waals surface area contributed by atoms with Gasteiger partial charge in [-0.05, 0) is 41.9 Å². The molecule has 0 bridgehead atoms. The Balaban J connectivity index is 2.38. The lowest BCUT2D eigenvalue weighted by molar-refractivity contribution is 0.248. The lowest BCUT2D eigenvalue weighted by atomic mass is 9.81. The highest BCUT2D eigenvalue weighted by Gasteiger charge is 2.44. The highest BCUT2D eigenvalue weighted by Crippen LogP contribution is 2.52. The van der Waals surface area contributed by atoms with Gasteiger partial charge in [-0.15, -0.1) is 0 Å². The molecule has 5 unspecified atom stereocenters. The number of hydrogen-bond acceptors (Lipinski definition) is 0. The molecule has 0 nitrogen and oxygen atoms in total. The predicted octanol–water partition coefficient (Wildman–Crippen LogP) is 4.60. The molecule has 0 N–H and O–H groups in total. The Labute approximate surface area is 90.5 Å². The largest absolute Gasteiger partial charge is 0.0651 e. The van der Waals surface area contributed by atoms with Crippen molar-refractivity contribution in [1.82, 2.24) is 0 Å².